The van der Waals surface area contributed by atoms with Crippen LogP contribution >= 0.6 is 0 Å². The Morgan fingerprint density at radius 3 is 2.83 bits per heavy atom. The molecule has 0 aromatic heterocycles. The quantitative estimate of drug-likeness (QED) is 0.142. The van der Waals surface area contributed by atoms with E-state index in [0.717, 1.165) is 6.08 Å². The van der Waals surface area contributed by atoms with Crippen LogP contribution in [0.4, 0.5) is 0 Å². The highest BCUT2D eigenvalue weighted by atomic mass is 28.2. The number of rotatable bonds is 7. The van der Waals surface area contributed by atoms with Crippen molar-refractivity contribution >= 4 is 16.5 Å². The number of esters is 1. The zero-order valence-electron chi connectivity index (χ0n) is 6.45. The summed E-state index contributed by atoms with van der Waals surface area (Å²) in [5.74, 6) is -0.452. The fourth-order valence-electron chi connectivity index (χ4n) is 0.408. The Morgan fingerprint density at radius 2 is 2.25 bits per heavy atom. The van der Waals surface area contributed by atoms with Crippen LogP contribution < -0.4 is 0 Å². The largest absolute Gasteiger partial charge is 0.462 e. The normalized spacial score (nSPS) is 9.42. The van der Waals surface area contributed by atoms with Crippen molar-refractivity contribution < 1.29 is 24.0 Å². The van der Waals surface area contributed by atoms with Gasteiger partial charge in [-0.1, -0.05) is 11.6 Å². The number of carbonyl (C=O) groups is 1. The van der Waals surface area contributed by atoms with Gasteiger partial charge in [0.05, 0.1) is 13.2 Å². The molecule has 67 valence electrons. The third kappa shape index (κ3) is 7.41. The van der Waals surface area contributed by atoms with Crippen LogP contribution in [0.1, 0.15) is 6.42 Å². The van der Waals surface area contributed by atoms with E-state index < -0.39 is 5.97 Å². The first-order valence-corrected chi connectivity index (χ1v) is 3.63. The molecule has 6 heteroatoms. The summed E-state index contributed by atoms with van der Waals surface area (Å²) in [6.45, 7) is 3.76. The molecule has 0 saturated carbocycles. The van der Waals surface area contributed by atoms with E-state index in [9.17, 15) is 4.79 Å². The van der Waals surface area contributed by atoms with Crippen molar-refractivity contribution in [2.24, 2.45) is 0 Å². The SMILES string of the molecule is C=CC(=O)OCCCOOO[Si]. The van der Waals surface area contributed by atoms with Crippen molar-refractivity contribution in [1.82, 2.24) is 0 Å². The molecule has 3 radical (unpaired) electrons. The zero-order chi connectivity index (χ0) is 9.23. The maximum atomic E-state index is 10.5. The number of ether oxygens (including phenoxy) is 1. The van der Waals surface area contributed by atoms with Crippen LogP contribution in [0.5, 0.6) is 0 Å². The molecule has 0 amide bonds. The van der Waals surface area contributed by atoms with E-state index in [0.29, 0.717) is 6.42 Å². The van der Waals surface area contributed by atoms with Crippen LogP contribution in [0.25, 0.3) is 0 Å². The molecule has 0 N–H and O–H groups in total. The van der Waals surface area contributed by atoms with Gasteiger partial charge in [0.25, 0.3) is 0 Å². The number of hydrogen-bond donors (Lipinski definition) is 0. The van der Waals surface area contributed by atoms with Gasteiger partial charge in [-0.15, -0.1) is 0 Å². The van der Waals surface area contributed by atoms with Crippen molar-refractivity contribution in [3.63, 3.8) is 0 Å². The molecule has 0 saturated heterocycles. The highest BCUT2D eigenvalue weighted by Gasteiger charge is 1.94. The minimum atomic E-state index is -0.452. The number of hydrogen-bond acceptors (Lipinski definition) is 5. The lowest BCUT2D eigenvalue weighted by Crippen LogP contribution is -2.05. The van der Waals surface area contributed by atoms with Crippen LogP contribution in [-0.4, -0.2) is 29.7 Å². The first-order chi connectivity index (χ1) is 5.81. The lowest BCUT2D eigenvalue weighted by molar-refractivity contribution is -0.467. The Balaban J connectivity index is 3.00. The molecule has 0 rings (SSSR count). The lowest BCUT2D eigenvalue weighted by Gasteiger charge is -2.01. The first-order valence-electron chi connectivity index (χ1n) is 3.22. The van der Waals surface area contributed by atoms with Crippen molar-refractivity contribution in [2.75, 3.05) is 13.2 Å². The molecule has 5 nitrogen and oxygen atoms in total. The molecule has 12 heavy (non-hydrogen) atoms. The van der Waals surface area contributed by atoms with Crippen LogP contribution in [0.15, 0.2) is 12.7 Å². The van der Waals surface area contributed by atoms with Gasteiger partial charge in [0.2, 0.25) is 0 Å². The smallest absolute Gasteiger partial charge is 0.330 e. The van der Waals surface area contributed by atoms with Crippen molar-refractivity contribution in [2.45, 2.75) is 6.42 Å². The maximum Gasteiger partial charge on any atom is 0.330 e. The van der Waals surface area contributed by atoms with Crippen molar-refractivity contribution in [3.05, 3.63) is 12.7 Å². The third-order valence-electron chi connectivity index (χ3n) is 0.865. The Morgan fingerprint density at radius 1 is 1.50 bits per heavy atom. The van der Waals surface area contributed by atoms with Gasteiger partial charge < -0.3 is 4.74 Å². The molecule has 0 aliphatic carbocycles. The van der Waals surface area contributed by atoms with Crippen LogP contribution in [0.3, 0.4) is 0 Å². The minimum Gasteiger partial charge on any atom is -0.462 e. The average Bonchev–Trinajstić information content (AvgIpc) is 2.10. The monoisotopic (exact) mass is 189 g/mol. The third-order valence-corrected chi connectivity index (χ3v) is 0.933. The van der Waals surface area contributed by atoms with Crippen molar-refractivity contribution in [3.8, 4) is 0 Å². The van der Waals surface area contributed by atoms with Gasteiger partial charge in [-0.2, -0.15) is 0 Å². The summed E-state index contributed by atoms with van der Waals surface area (Å²) >= 11 is 0. The molecule has 0 atom stereocenters. The van der Waals surface area contributed by atoms with E-state index in [1.54, 1.807) is 0 Å². The van der Waals surface area contributed by atoms with E-state index in [2.05, 4.69) is 36.3 Å². The highest BCUT2D eigenvalue weighted by molar-refractivity contribution is 5.97. The summed E-state index contributed by atoms with van der Waals surface area (Å²) in [6.07, 6.45) is 1.62. The van der Waals surface area contributed by atoms with E-state index in [4.69, 9.17) is 0 Å². The van der Waals surface area contributed by atoms with E-state index in [1.165, 1.54) is 0 Å². The first kappa shape index (κ1) is 11.3. The van der Waals surface area contributed by atoms with Crippen LogP contribution in [-0.2, 0) is 24.0 Å². The summed E-state index contributed by atoms with van der Waals surface area (Å²) in [6, 6.07) is 0. The van der Waals surface area contributed by atoms with E-state index in [1.807, 2.05) is 0 Å². The Kier molecular flexibility index (Phi) is 7.92. The van der Waals surface area contributed by atoms with Gasteiger partial charge in [0.15, 0.2) is 0 Å². The van der Waals surface area contributed by atoms with Gasteiger partial charge in [0, 0.05) is 12.5 Å². The van der Waals surface area contributed by atoms with E-state index >= 15 is 0 Å². The summed E-state index contributed by atoms with van der Waals surface area (Å²) < 4.78 is 8.58. The van der Waals surface area contributed by atoms with Crippen LogP contribution in [0, 0.1) is 0 Å². The number of carbonyl (C=O) groups excluding carboxylic acids is 1. The van der Waals surface area contributed by atoms with Gasteiger partial charge in [0.1, 0.15) is 0 Å². The fraction of sp³-hybridized carbons (Fsp3) is 0.500. The van der Waals surface area contributed by atoms with Gasteiger partial charge in [-0.25, -0.2) is 9.68 Å². The topological polar surface area (TPSA) is 54.0 Å². The summed E-state index contributed by atoms with van der Waals surface area (Å²) in [5.41, 5.74) is 0. The van der Waals surface area contributed by atoms with E-state index in [-0.39, 0.29) is 13.2 Å². The predicted molar refractivity (Wildman–Crippen MR) is 39.6 cm³/mol. The molecule has 0 heterocycles. The Bertz CT molecular complexity index is 138. The molecule has 0 aromatic rings. The fourth-order valence-corrected chi connectivity index (χ4v) is 0.456. The molecule has 0 aliphatic rings. The summed E-state index contributed by atoms with van der Waals surface area (Å²) in [5, 5.41) is 4.02. The Labute approximate surface area is 73.6 Å². The molecule has 0 spiro atoms. The molecule has 0 unspecified atom stereocenters. The average molecular weight is 189 g/mol. The minimum absolute atomic E-state index is 0.260. The highest BCUT2D eigenvalue weighted by Crippen LogP contribution is 1.87. The molecule has 0 aromatic carbocycles. The van der Waals surface area contributed by atoms with Gasteiger partial charge in [-0.3, -0.25) is 4.58 Å². The molecule has 0 bridgehead atoms. The maximum absolute atomic E-state index is 10.5. The molecule has 0 aliphatic heterocycles. The standard InChI is InChI=1S/C6H9O5Si/c1-2-6(7)8-4-3-5-9-10-11-12/h2H,1,3-5H2. The summed E-state index contributed by atoms with van der Waals surface area (Å²) in [7, 11) is 2.55. The molecule has 0 fully saturated rings. The second-order valence-electron chi connectivity index (χ2n) is 1.70. The molecular formula is C6H9O5Si. The van der Waals surface area contributed by atoms with Crippen LogP contribution in [0.2, 0.25) is 0 Å². The van der Waals surface area contributed by atoms with Gasteiger partial charge in [-0.05, 0) is 0 Å². The Hall–Kier alpha value is -0.693. The van der Waals surface area contributed by atoms with Crippen molar-refractivity contribution in [1.29, 1.82) is 0 Å². The zero-order valence-corrected chi connectivity index (χ0v) is 7.45. The van der Waals surface area contributed by atoms with Gasteiger partial charge >= 0.3 is 16.5 Å². The summed E-state index contributed by atoms with van der Waals surface area (Å²) in [4.78, 5) is 14.9. The molecular weight excluding hydrogens is 180 g/mol. The predicted octanol–water partition coefficient (Wildman–Crippen LogP) is 0.0690. The second kappa shape index (κ2) is 8.40. The second-order valence-corrected chi connectivity index (χ2v) is 1.87. The lowest BCUT2D eigenvalue weighted by atomic mass is 10.5.